The molecular formula is C15H15BrO. The molecule has 2 heteroatoms. The molecule has 0 spiro atoms. The van der Waals surface area contributed by atoms with Gasteiger partial charge in [0.25, 0.3) is 0 Å². The lowest BCUT2D eigenvalue weighted by molar-refractivity contribution is 0.175. The van der Waals surface area contributed by atoms with Crippen molar-refractivity contribution in [2.75, 3.05) is 0 Å². The van der Waals surface area contributed by atoms with Crippen molar-refractivity contribution in [2.45, 2.75) is 18.9 Å². The Hall–Kier alpha value is -1.12. The maximum Gasteiger partial charge on any atom is 0.0620 e. The monoisotopic (exact) mass is 290 g/mol. The van der Waals surface area contributed by atoms with E-state index in [9.17, 15) is 5.11 Å². The molecule has 1 nitrogen and oxygen atoms in total. The molecule has 1 unspecified atom stereocenters. The second kappa shape index (κ2) is 5.99. The first-order chi connectivity index (χ1) is 8.24. The predicted molar refractivity (Wildman–Crippen MR) is 74.0 cm³/mol. The predicted octanol–water partition coefficient (Wildman–Crippen LogP) is 3.60. The maximum absolute atomic E-state index is 10.0. The van der Waals surface area contributed by atoms with Gasteiger partial charge in [0.2, 0.25) is 0 Å². The Labute approximate surface area is 110 Å². The quantitative estimate of drug-likeness (QED) is 0.912. The molecule has 0 aliphatic carbocycles. The molecule has 0 saturated heterocycles. The fourth-order valence-electron chi connectivity index (χ4n) is 1.85. The number of benzene rings is 2. The van der Waals surface area contributed by atoms with Crippen LogP contribution in [0.25, 0.3) is 0 Å². The summed E-state index contributed by atoms with van der Waals surface area (Å²) in [5.74, 6) is 0. The molecule has 88 valence electrons. The van der Waals surface area contributed by atoms with E-state index in [4.69, 9.17) is 0 Å². The van der Waals surface area contributed by atoms with Gasteiger partial charge in [-0.05, 0) is 36.1 Å². The van der Waals surface area contributed by atoms with Crippen LogP contribution in [-0.2, 0) is 12.8 Å². The third-order valence-corrected chi connectivity index (χ3v) is 3.23. The molecule has 2 rings (SSSR count). The third-order valence-electron chi connectivity index (χ3n) is 2.70. The summed E-state index contributed by atoms with van der Waals surface area (Å²) in [6.45, 7) is 0. The van der Waals surface area contributed by atoms with Gasteiger partial charge in [0.1, 0.15) is 0 Å². The van der Waals surface area contributed by atoms with Gasteiger partial charge in [0.15, 0.2) is 0 Å². The van der Waals surface area contributed by atoms with Crippen LogP contribution in [0.1, 0.15) is 11.1 Å². The van der Waals surface area contributed by atoms with E-state index in [1.807, 2.05) is 54.6 Å². The van der Waals surface area contributed by atoms with E-state index in [0.717, 1.165) is 10.0 Å². The molecular weight excluding hydrogens is 276 g/mol. The van der Waals surface area contributed by atoms with Gasteiger partial charge in [-0.2, -0.15) is 0 Å². The highest BCUT2D eigenvalue weighted by Crippen LogP contribution is 2.13. The lowest BCUT2D eigenvalue weighted by Gasteiger charge is -2.10. The highest BCUT2D eigenvalue weighted by atomic mass is 79.9. The van der Waals surface area contributed by atoms with Crippen molar-refractivity contribution in [2.24, 2.45) is 0 Å². The first kappa shape index (κ1) is 12.3. The van der Waals surface area contributed by atoms with Crippen molar-refractivity contribution >= 4 is 15.9 Å². The lowest BCUT2D eigenvalue weighted by Crippen LogP contribution is -2.13. The molecule has 0 aliphatic rings. The molecule has 0 aromatic heterocycles. The minimum absolute atomic E-state index is 0.321. The van der Waals surface area contributed by atoms with Gasteiger partial charge in [0.05, 0.1) is 6.10 Å². The Kier molecular flexibility index (Phi) is 4.35. The summed E-state index contributed by atoms with van der Waals surface area (Å²) in [7, 11) is 0. The molecule has 0 bridgehead atoms. The van der Waals surface area contributed by atoms with Crippen LogP contribution in [0.5, 0.6) is 0 Å². The molecule has 0 aliphatic heterocycles. The minimum atomic E-state index is -0.321. The SMILES string of the molecule is OC(Cc1ccccc1)Cc1ccc(Br)cc1. The van der Waals surface area contributed by atoms with Crippen LogP contribution in [-0.4, -0.2) is 11.2 Å². The minimum Gasteiger partial charge on any atom is -0.392 e. The second-order valence-electron chi connectivity index (χ2n) is 4.17. The molecule has 17 heavy (non-hydrogen) atoms. The number of aliphatic hydroxyl groups excluding tert-OH is 1. The van der Waals surface area contributed by atoms with E-state index in [-0.39, 0.29) is 6.10 Å². The Morgan fingerprint density at radius 3 is 1.94 bits per heavy atom. The van der Waals surface area contributed by atoms with Crippen molar-refractivity contribution < 1.29 is 5.11 Å². The molecule has 0 heterocycles. The standard InChI is InChI=1S/C15H15BrO/c16-14-8-6-13(7-9-14)11-15(17)10-12-4-2-1-3-5-12/h1-9,15,17H,10-11H2. The molecule has 2 aromatic rings. The van der Waals surface area contributed by atoms with Crippen LogP contribution in [0.2, 0.25) is 0 Å². The average molecular weight is 291 g/mol. The summed E-state index contributed by atoms with van der Waals surface area (Å²) in [6, 6.07) is 18.2. The average Bonchev–Trinajstić information content (AvgIpc) is 2.33. The van der Waals surface area contributed by atoms with Crippen molar-refractivity contribution in [3.05, 3.63) is 70.2 Å². The molecule has 1 N–H and O–H groups in total. The Balaban J connectivity index is 1.93. The van der Waals surface area contributed by atoms with Crippen molar-refractivity contribution in [1.29, 1.82) is 0 Å². The smallest absolute Gasteiger partial charge is 0.0620 e. The van der Waals surface area contributed by atoms with Crippen LogP contribution < -0.4 is 0 Å². The molecule has 0 fully saturated rings. The number of hydrogen-bond acceptors (Lipinski definition) is 1. The van der Waals surface area contributed by atoms with Gasteiger partial charge < -0.3 is 5.11 Å². The number of halogens is 1. The van der Waals surface area contributed by atoms with Gasteiger partial charge in [-0.15, -0.1) is 0 Å². The topological polar surface area (TPSA) is 20.2 Å². The molecule has 0 radical (unpaired) electrons. The van der Waals surface area contributed by atoms with E-state index < -0.39 is 0 Å². The third kappa shape index (κ3) is 3.99. The van der Waals surface area contributed by atoms with E-state index in [2.05, 4.69) is 15.9 Å². The van der Waals surface area contributed by atoms with Crippen LogP contribution in [0.15, 0.2) is 59.1 Å². The fraction of sp³-hybridized carbons (Fsp3) is 0.200. The normalized spacial score (nSPS) is 12.4. The number of rotatable bonds is 4. The number of aliphatic hydroxyl groups is 1. The summed E-state index contributed by atoms with van der Waals surface area (Å²) in [5.41, 5.74) is 2.34. The van der Waals surface area contributed by atoms with Gasteiger partial charge in [-0.25, -0.2) is 0 Å². The van der Waals surface area contributed by atoms with Crippen molar-refractivity contribution in [3.63, 3.8) is 0 Å². The fourth-order valence-corrected chi connectivity index (χ4v) is 2.12. The van der Waals surface area contributed by atoms with Gasteiger partial charge in [0, 0.05) is 4.47 Å². The zero-order chi connectivity index (χ0) is 12.1. The molecule has 1 atom stereocenters. The summed E-state index contributed by atoms with van der Waals surface area (Å²) >= 11 is 3.40. The van der Waals surface area contributed by atoms with E-state index in [1.54, 1.807) is 0 Å². The van der Waals surface area contributed by atoms with Gasteiger partial charge in [-0.3, -0.25) is 0 Å². The zero-order valence-corrected chi connectivity index (χ0v) is 11.1. The largest absolute Gasteiger partial charge is 0.392 e. The molecule has 2 aromatic carbocycles. The lowest BCUT2D eigenvalue weighted by atomic mass is 10.0. The van der Waals surface area contributed by atoms with E-state index >= 15 is 0 Å². The molecule has 0 amide bonds. The van der Waals surface area contributed by atoms with Crippen molar-refractivity contribution in [1.82, 2.24) is 0 Å². The highest BCUT2D eigenvalue weighted by molar-refractivity contribution is 9.10. The van der Waals surface area contributed by atoms with Crippen LogP contribution in [0.4, 0.5) is 0 Å². The van der Waals surface area contributed by atoms with E-state index in [1.165, 1.54) is 5.56 Å². The van der Waals surface area contributed by atoms with Crippen molar-refractivity contribution in [3.8, 4) is 0 Å². The summed E-state index contributed by atoms with van der Waals surface area (Å²) in [4.78, 5) is 0. The number of hydrogen-bond donors (Lipinski definition) is 1. The first-order valence-electron chi connectivity index (χ1n) is 5.70. The van der Waals surface area contributed by atoms with Crippen LogP contribution >= 0.6 is 15.9 Å². The van der Waals surface area contributed by atoms with Gasteiger partial charge in [-0.1, -0.05) is 58.4 Å². The van der Waals surface area contributed by atoms with Crippen LogP contribution in [0, 0.1) is 0 Å². The summed E-state index contributed by atoms with van der Waals surface area (Å²) in [5, 5.41) is 10.0. The Bertz CT molecular complexity index is 450. The first-order valence-corrected chi connectivity index (χ1v) is 6.50. The summed E-state index contributed by atoms with van der Waals surface area (Å²) < 4.78 is 1.07. The van der Waals surface area contributed by atoms with Crippen LogP contribution in [0.3, 0.4) is 0 Å². The Morgan fingerprint density at radius 2 is 1.35 bits per heavy atom. The van der Waals surface area contributed by atoms with Gasteiger partial charge >= 0.3 is 0 Å². The summed E-state index contributed by atoms with van der Waals surface area (Å²) in [6.07, 6.45) is 1.08. The van der Waals surface area contributed by atoms with E-state index in [0.29, 0.717) is 12.8 Å². The zero-order valence-electron chi connectivity index (χ0n) is 9.51. The maximum atomic E-state index is 10.0. The Morgan fingerprint density at radius 1 is 0.824 bits per heavy atom. The molecule has 0 saturated carbocycles. The highest BCUT2D eigenvalue weighted by Gasteiger charge is 2.06. The second-order valence-corrected chi connectivity index (χ2v) is 5.09.